The highest BCUT2D eigenvalue weighted by Gasteiger charge is 2.22. The van der Waals surface area contributed by atoms with Crippen LogP contribution in [0.1, 0.15) is 11.1 Å². The predicted octanol–water partition coefficient (Wildman–Crippen LogP) is 1.73. The van der Waals surface area contributed by atoms with E-state index >= 15 is 0 Å². The molecule has 0 bridgehead atoms. The molecule has 2 rings (SSSR count). The summed E-state index contributed by atoms with van der Waals surface area (Å²) in [6.07, 6.45) is 2.32. The second kappa shape index (κ2) is 3.89. The smallest absolute Gasteiger partial charge is 0.335 e. The summed E-state index contributed by atoms with van der Waals surface area (Å²) in [5.41, 5.74) is 2.00. The van der Waals surface area contributed by atoms with E-state index in [0.717, 1.165) is 5.56 Å². The highest BCUT2D eigenvalue weighted by molar-refractivity contribution is 6.17. The van der Waals surface area contributed by atoms with Gasteiger partial charge in [-0.15, -0.1) is 0 Å². The molecular formula is C12H12O4. The average molecular weight is 220 g/mol. The van der Waals surface area contributed by atoms with Crippen molar-refractivity contribution in [2.45, 2.75) is 6.42 Å². The molecule has 16 heavy (non-hydrogen) atoms. The van der Waals surface area contributed by atoms with Crippen LogP contribution in [0.25, 0.3) is 5.57 Å². The third kappa shape index (κ3) is 1.52. The molecule has 1 aromatic carbocycles. The lowest BCUT2D eigenvalue weighted by Gasteiger charge is -2.10. The molecule has 4 heteroatoms. The summed E-state index contributed by atoms with van der Waals surface area (Å²) in [5.74, 6) is 0.266. The molecule has 0 fully saturated rings. The molecule has 0 aromatic heterocycles. The Kier molecular flexibility index (Phi) is 2.56. The maximum atomic E-state index is 11.0. The van der Waals surface area contributed by atoms with Crippen LogP contribution in [0.4, 0.5) is 0 Å². The average Bonchev–Trinajstić information content (AvgIpc) is 2.69. The zero-order valence-corrected chi connectivity index (χ0v) is 9.11. The van der Waals surface area contributed by atoms with Gasteiger partial charge in [-0.25, -0.2) is 4.79 Å². The van der Waals surface area contributed by atoms with Crippen molar-refractivity contribution < 1.29 is 19.4 Å². The molecule has 0 atom stereocenters. The van der Waals surface area contributed by atoms with Crippen molar-refractivity contribution in [1.29, 1.82) is 0 Å². The number of allylic oxidation sites excluding steroid dienone is 1. The van der Waals surface area contributed by atoms with Crippen molar-refractivity contribution in [2.24, 2.45) is 0 Å². The fourth-order valence-corrected chi connectivity index (χ4v) is 1.87. The monoisotopic (exact) mass is 220 g/mol. The lowest BCUT2D eigenvalue weighted by Crippen LogP contribution is -1.99. The molecule has 84 valence electrons. The van der Waals surface area contributed by atoms with Gasteiger partial charge in [-0.2, -0.15) is 0 Å². The van der Waals surface area contributed by atoms with E-state index in [2.05, 4.69) is 0 Å². The van der Waals surface area contributed by atoms with E-state index in [0.29, 0.717) is 29.1 Å². The van der Waals surface area contributed by atoms with Gasteiger partial charge in [-0.3, -0.25) is 0 Å². The zero-order chi connectivity index (χ0) is 11.7. The Hall–Kier alpha value is -1.97. The van der Waals surface area contributed by atoms with Gasteiger partial charge in [0, 0.05) is 0 Å². The number of rotatable bonds is 3. The van der Waals surface area contributed by atoms with Crippen LogP contribution < -0.4 is 9.47 Å². The summed E-state index contributed by atoms with van der Waals surface area (Å²) in [6.45, 7) is 0. The maximum Gasteiger partial charge on any atom is 0.335 e. The van der Waals surface area contributed by atoms with Crippen molar-refractivity contribution in [3.8, 4) is 11.5 Å². The quantitative estimate of drug-likeness (QED) is 0.842. The van der Waals surface area contributed by atoms with E-state index in [9.17, 15) is 4.79 Å². The number of carbonyl (C=O) groups is 1. The molecule has 1 aliphatic carbocycles. The third-order valence-electron chi connectivity index (χ3n) is 2.66. The van der Waals surface area contributed by atoms with Gasteiger partial charge in [-0.05, 0) is 29.7 Å². The van der Waals surface area contributed by atoms with Crippen LogP contribution in [0, 0.1) is 0 Å². The molecule has 0 heterocycles. The van der Waals surface area contributed by atoms with Crippen LogP contribution in [0.15, 0.2) is 18.2 Å². The highest BCUT2D eigenvalue weighted by Crippen LogP contribution is 2.37. The number of ether oxygens (including phenoxy) is 2. The van der Waals surface area contributed by atoms with E-state index in [-0.39, 0.29) is 0 Å². The minimum atomic E-state index is -0.911. The van der Waals surface area contributed by atoms with Crippen LogP contribution in [-0.2, 0) is 11.2 Å². The Morgan fingerprint density at radius 3 is 2.44 bits per heavy atom. The second-order valence-corrected chi connectivity index (χ2v) is 3.49. The first kappa shape index (κ1) is 10.5. The van der Waals surface area contributed by atoms with Gasteiger partial charge >= 0.3 is 5.97 Å². The van der Waals surface area contributed by atoms with E-state index in [1.54, 1.807) is 19.3 Å². The minimum Gasteiger partial charge on any atom is -0.493 e. The summed E-state index contributed by atoms with van der Waals surface area (Å²) >= 11 is 0. The fraction of sp³-hybridized carbons (Fsp3) is 0.250. The second-order valence-electron chi connectivity index (χ2n) is 3.49. The summed E-state index contributed by atoms with van der Waals surface area (Å²) < 4.78 is 10.3. The van der Waals surface area contributed by atoms with Crippen LogP contribution in [0.5, 0.6) is 11.5 Å². The van der Waals surface area contributed by atoms with Crippen molar-refractivity contribution in [2.75, 3.05) is 14.2 Å². The predicted molar refractivity (Wildman–Crippen MR) is 58.9 cm³/mol. The van der Waals surface area contributed by atoms with Crippen LogP contribution in [0.2, 0.25) is 0 Å². The normalized spacial score (nSPS) is 13.0. The molecular weight excluding hydrogens is 208 g/mol. The minimum absolute atomic E-state index is 0.330. The Labute approximate surface area is 93.1 Å². The molecule has 0 saturated carbocycles. The topological polar surface area (TPSA) is 55.8 Å². The van der Waals surface area contributed by atoms with Crippen molar-refractivity contribution in [3.63, 3.8) is 0 Å². The van der Waals surface area contributed by atoms with Crippen molar-refractivity contribution in [3.05, 3.63) is 29.3 Å². The number of benzene rings is 1. The first-order valence-electron chi connectivity index (χ1n) is 4.86. The Balaban J connectivity index is 2.52. The molecule has 0 radical (unpaired) electrons. The van der Waals surface area contributed by atoms with Gasteiger partial charge in [0.1, 0.15) is 0 Å². The molecule has 1 N–H and O–H groups in total. The number of methoxy groups -OCH3 is 2. The Morgan fingerprint density at radius 1 is 1.25 bits per heavy atom. The molecule has 4 nitrogen and oxygen atoms in total. The largest absolute Gasteiger partial charge is 0.493 e. The SMILES string of the molecule is COc1cc2c(cc1OC)C(C(=O)O)=CC2. The number of aliphatic carboxylic acids is 1. The number of fused-ring (bicyclic) bond motifs is 1. The summed E-state index contributed by atoms with van der Waals surface area (Å²) in [7, 11) is 3.09. The standard InChI is InChI=1S/C12H12O4/c1-15-10-5-7-3-4-8(12(13)14)9(7)6-11(10)16-2/h4-6H,3H2,1-2H3,(H,13,14). The van der Waals surface area contributed by atoms with Crippen LogP contribution >= 0.6 is 0 Å². The molecule has 0 spiro atoms. The first-order valence-corrected chi connectivity index (χ1v) is 4.86. The highest BCUT2D eigenvalue weighted by atomic mass is 16.5. The summed E-state index contributed by atoms with van der Waals surface area (Å²) in [6, 6.07) is 3.53. The van der Waals surface area contributed by atoms with Crippen molar-refractivity contribution >= 4 is 11.5 Å². The molecule has 1 aromatic rings. The number of hydrogen-bond acceptors (Lipinski definition) is 3. The zero-order valence-electron chi connectivity index (χ0n) is 9.11. The Morgan fingerprint density at radius 2 is 1.88 bits per heavy atom. The molecule has 0 aliphatic heterocycles. The van der Waals surface area contributed by atoms with E-state index in [1.807, 2.05) is 6.07 Å². The van der Waals surface area contributed by atoms with Gasteiger partial charge in [0.05, 0.1) is 19.8 Å². The van der Waals surface area contributed by atoms with Gasteiger partial charge in [0.2, 0.25) is 0 Å². The van der Waals surface area contributed by atoms with Crippen molar-refractivity contribution in [1.82, 2.24) is 0 Å². The van der Waals surface area contributed by atoms with Crippen LogP contribution in [0.3, 0.4) is 0 Å². The number of carboxylic acids is 1. The first-order chi connectivity index (χ1) is 7.67. The maximum absolute atomic E-state index is 11.0. The molecule has 0 amide bonds. The lowest BCUT2D eigenvalue weighted by molar-refractivity contribution is -0.130. The van der Waals surface area contributed by atoms with Gasteiger partial charge in [0.15, 0.2) is 11.5 Å². The molecule has 0 unspecified atom stereocenters. The third-order valence-corrected chi connectivity index (χ3v) is 2.66. The van der Waals surface area contributed by atoms with E-state index < -0.39 is 5.97 Å². The Bertz CT molecular complexity index is 474. The van der Waals surface area contributed by atoms with Gasteiger partial charge in [0.25, 0.3) is 0 Å². The molecule has 1 aliphatic rings. The van der Waals surface area contributed by atoms with Crippen LogP contribution in [-0.4, -0.2) is 25.3 Å². The lowest BCUT2D eigenvalue weighted by atomic mass is 10.0. The molecule has 0 saturated heterocycles. The number of hydrogen-bond donors (Lipinski definition) is 1. The van der Waals surface area contributed by atoms with E-state index in [1.165, 1.54) is 7.11 Å². The summed E-state index contributed by atoms with van der Waals surface area (Å²) in [5, 5.41) is 9.01. The number of carboxylic acid groups (broad SMARTS) is 1. The van der Waals surface area contributed by atoms with E-state index in [4.69, 9.17) is 14.6 Å². The van der Waals surface area contributed by atoms with Gasteiger partial charge in [-0.1, -0.05) is 6.08 Å². The summed E-state index contributed by atoms with van der Waals surface area (Å²) in [4.78, 5) is 11.0. The van der Waals surface area contributed by atoms with Gasteiger partial charge < -0.3 is 14.6 Å². The fourth-order valence-electron chi connectivity index (χ4n) is 1.87.